The summed E-state index contributed by atoms with van der Waals surface area (Å²) in [6.45, 7) is 4.78. The van der Waals surface area contributed by atoms with Crippen LogP contribution in [0.3, 0.4) is 0 Å². The van der Waals surface area contributed by atoms with E-state index in [1.807, 2.05) is 18.2 Å². The standard InChI is InChI=1S/C9H11BrO2Si/c1-13(2)11-6-7-5-8(10)3-4-9(7)12-13/h3-5H,6H2,1-2H3. The van der Waals surface area contributed by atoms with Crippen LogP contribution >= 0.6 is 15.9 Å². The van der Waals surface area contributed by atoms with Crippen LogP contribution in [0.5, 0.6) is 5.75 Å². The maximum Gasteiger partial charge on any atom is 0.392 e. The lowest BCUT2D eigenvalue weighted by atomic mass is 10.2. The first-order chi connectivity index (χ1) is 6.07. The molecule has 0 bridgehead atoms. The quantitative estimate of drug-likeness (QED) is 0.667. The Kier molecular flexibility index (Phi) is 2.21. The highest BCUT2D eigenvalue weighted by molar-refractivity contribution is 9.10. The van der Waals surface area contributed by atoms with Crippen molar-refractivity contribution in [2.24, 2.45) is 0 Å². The second kappa shape index (κ2) is 3.11. The highest BCUT2D eigenvalue weighted by atomic mass is 79.9. The first-order valence-corrected chi connectivity index (χ1v) is 7.79. The van der Waals surface area contributed by atoms with Crippen molar-refractivity contribution in [3.63, 3.8) is 0 Å². The molecule has 1 aromatic rings. The van der Waals surface area contributed by atoms with Crippen molar-refractivity contribution < 1.29 is 8.85 Å². The lowest BCUT2D eigenvalue weighted by molar-refractivity contribution is 0.211. The topological polar surface area (TPSA) is 18.5 Å². The third-order valence-electron chi connectivity index (χ3n) is 1.95. The van der Waals surface area contributed by atoms with Crippen LogP contribution in [0.15, 0.2) is 22.7 Å². The Balaban J connectivity index is 2.37. The van der Waals surface area contributed by atoms with E-state index in [1.54, 1.807) is 0 Å². The summed E-state index contributed by atoms with van der Waals surface area (Å²) in [5.41, 5.74) is 1.13. The predicted octanol–water partition coefficient (Wildman–Crippen LogP) is 3.06. The van der Waals surface area contributed by atoms with Crippen LogP contribution in [0.1, 0.15) is 5.56 Å². The maximum atomic E-state index is 5.77. The molecule has 0 N–H and O–H groups in total. The normalized spacial score (nSPS) is 19.0. The Labute approximate surface area is 87.2 Å². The lowest BCUT2D eigenvalue weighted by Gasteiger charge is -2.30. The fraction of sp³-hybridized carbons (Fsp3) is 0.333. The highest BCUT2D eigenvalue weighted by Crippen LogP contribution is 2.31. The van der Waals surface area contributed by atoms with Crippen molar-refractivity contribution in [1.82, 2.24) is 0 Å². The van der Waals surface area contributed by atoms with Gasteiger partial charge in [-0.1, -0.05) is 15.9 Å². The monoisotopic (exact) mass is 258 g/mol. The Bertz CT molecular complexity index is 338. The smallest absolute Gasteiger partial charge is 0.392 e. The number of hydrogen-bond acceptors (Lipinski definition) is 2. The molecular formula is C9H11BrO2Si. The van der Waals surface area contributed by atoms with Gasteiger partial charge in [0.05, 0.1) is 6.61 Å². The summed E-state index contributed by atoms with van der Waals surface area (Å²) in [6, 6.07) is 6.03. The summed E-state index contributed by atoms with van der Waals surface area (Å²) >= 11 is 3.42. The summed E-state index contributed by atoms with van der Waals surface area (Å²) in [5.74, 6) is 0.978. The molecule has 2 nitrogen and oxygen atoms in total. The second-order valence-electron chi connectivity index (χ2n) is 3.54. The molecule has 0 saturated carbocycles. The van der Waals surface area contributed by atoms with Crippen LogP contribution in [-0.2, 0) is 11.0 Å². The first-order valence-electron chi connectivity index (χ1n) is 4.18. The minimum absolute atomic E-state index is 0.675. The zero-order chi connectivity index (χ0) is 9.47. The van der Waals surface area contributed by atoms with Crippen LogP contribution in [0.25, 0.3) is 0 Å². The molecule has 13 heavy (non-hydrogen) atoms. The van der Waals surface area contributed by atoms with Crippen LogP contribution in [0.2, 0.25) is 13.1 Å². The van der Waals surface area contributed by atoms with Gasteiger partial charge in [-0.3, -0.25) is 0 Å². The molecule has 70 valence electrons. The third kappa shape index (κ3) is 1.95. The first kappa shape index (κ1) is 9.24. The van der Waals surface area contributed by atoms with Gasteiger partial charge in [0.2, 0.25) is 0 Å². The number of fused-ring (bicyclic) bond motifs is 1. The van der Waals surface area contributed by atoms with Gasteiger partial charge in [-0.25, -0.2) is 0 Å². The minimum atomic E-state index is -1.87. The maximum absolute atomic E-state index is 5.77. The Hall–Kier alpha value is -0.323. The molecule has 0 aliphatic carbocycles. The zero-order valence-corrected chi connectivity index (χ0v) is 10.2. The van der Waals surface area contributed by atoms with E-state index in [0.717, 1.165) is 15.8 Å². The predicted molar refractivity (Wildman–Crippen MR) is 57.0 cm³/mol. The van der Waals surface area contributed by atoms with Gasteiger partial charge in [0.15, 0.2) is 0 Å². The molecule has 0 aromatic heterocycles. The van der Waals surface area contributed by atoms with Crippen molar-refractivity contribution in [2.75, 3.05) is 0 Å². The second-order valence-corrected chi connectivity index (χ2v) is 7.75. The Morgan fingerprint density at radius 2 is 2.15 bits per heavy atom. The Morgan fingerprint density at radius 3 is 2.92 bits per heavy atom. The molecule has 0 amide bonds. The minimum Gasteiger partial charge on any atom is -0.520 e. The molecule has 0 unspecified atom stereocenters. The van der Waals surface area contributed by atoms with Crippen molar-refractivity contribution >= 4 is 24.5 Å². The van der Waals surface area contributed by atoms with Gasteiger partial charge in [-0.2, -0.15) is 0 Å². The van der Waals surface area contributed by atoms with Crippen molar-refractivity contribution in [2.45, 2.75) is 19.7 Å². The van der Waals surface area contributed by atoms with Crippen molar-refractivity contribution in [1.29, 1.82) is 0 Å². The fourth-order valence-corrected chi connectivity index (χ4v) is 3.01. The van der Waals surface area contributed by atoms with E-state index in [1.165, 1.54) is 0 Å². The summed E-state index contributed by atoms with van der Waals surface area (Å²) in [6.07, 6.45) is 0. The molecule has 4 heteroatoms. The van der Waals surface area contributed by atoms with Crippen LogP contribution in [-0.4, -0.2) is 8.56 Å². The molecular weight excluding hydrogens is 248 g/mol. The van der Waals surface area contributed by atoms with E-state index in [4.69, 9.17) is 8.85 Å². The van der Waals surface area contributed by atoms with E-state index in [9.17, 15) is 0 Å². The van der Waals surface area contributed by atoms with Crippen molar-refractivity contribution in [3.05, 3.63) is 28.2 Å². The highest BCUT2D eigenvalue weighted by Gasteiger charge is 2.31. The average Bonchev–Trinajstić information content (AvgIpc) is 2.05. The van der Waals surface area contributed by atoms with Crippen LogP contribution < -0.4 is 4.43 Å². The molecule has 2 rings (SSSR count). The largest absolute Gasteiger partial charge is 0.520 e. The molecule has 0 spiro atoms. The third-order valence-corrected chi connectivity index (χ3v) is 4.00. The van der Waals surface area contributed by atoms with Gasteiger partial charge in [0, 0.05) is 10.0 Å². The molecule has 1 heterocycles. The van der Waals surface area contributed by atoms with E-state index in [2.05, 4.69) is 29.0 Å². The zero-order valence-electron chi connectivity index (χ0n) is 7.63. The number of hydrogen-bond donors (Lipinski definition) is 0. The molecule has 1 aliphatic heterocycles. The molecule has 0 atom stereocenters. The molecule has 1 aliphatic rings. The van der Waals surface area contributed by atoms with Gasteiger partial charge < -0.3 is 8.85 Å². The van der Waals surface area contributed by atoms with Gasteiger partial charge >= 0.3 is 8.56 Å². The van der Waals surface area contributed by atoms with E-state index in [0.29, 0.717) is 6.61 Å². The van der Waals surface area contributed by atoms with E-state index in [-0.39, 0.29) is 0 Å². The van der Waals surface area contributed by atoms with Gasteiger partial charge in [0.1, 0.15) is 5.75 Å². The summed E-state index contributed by atoms with van der Waals surface area (Å²) < 4.78 is 12.5. The molecule has 1 aromatic carbocycles. The van der Waals surface area contributed by atoms with Crippen LogP contribution in [0, 0.1) is 0 Å². The number of halogens is 1. The molecule has 0 radical (unpaired) electrons. The Morgan fingerprint density at radius 1 is 1.38 bits per heavy atom. The number of benzene rings is 1. The fourth-order valence-electron chi connectivity index (χ4n) is 1.31. The summed E-state index contributed by atoms with van der Waals surface area (Å²) in [7, 11) is -1.87. The van der Waals surface area contributed by atoms with Crippen molar-refractivity contribution in [3.8, 4) is 5.75 Å². The van der Waals surface area contributed by atoms with Gasteiger partial charge in [-0.05, 0) is 31.3 Å². The lowest BCUT2D eigenvalue weighted by Crippen LogP contribution is -2.41. The van der Waals surface area contributed by atoms with E-state index >= 15 is 0 Å². The molecule has 0 fully saturated rings. The summed E-state index contributed by atoms with van der Waals surface area (Å²) in [5, 5.41) is 0. The van der Waals surface area contributed by atoms with Crippen LogP contribution in [0.4, 0.5) is 0 Å². The summed E-state index contributed by atoms with van der Waals surface area (Å²) in [4.78, 5) is 0. The van der Waals surface area contributed by atoms with Gasteiger partial charge in [0.25, 0.3) is 0 Å². The SMILES string of the molecule is C[Si]1(C)OCc2cc(Br)ccc2O1. The molecule has 0 saturated heterocycles. The van der Waals surface area contributed by atoms with E-state index < -0.39 is 8.56 Å². The average molecular weight is 259 g/mol. The van der Waals surface area contributed by atoms with Gasteiger partial charge in [-0.15, -0.1) is 0 Å². The number of rotatable bonds is 0.